The second-order valence-electron chi connectivity index (χ2n) is 4.33. The van der Waals surface area contributed by atoms with Crippen molar-refractivity contribution in [1.82, 2.24) is 5.32 Å². The Bertz CT molecular complexity index is 496. The third-order valence-corrected chi connectivity index (χ3v) is 4.92. The molecule has 0 unspecified atom stereocenters. The van der Waals surface area contributed by atoms with Gasteiger partial charge in [0.2, 0.25) is 10.0 Å². The number of ether oxygens (including phenoxy) is 1. The maximum atomic E-state index is 12.2. The lowest BCUT2D eigenvalue weighted by atomic mass is 10.2. The number of methoxy groups -OCH3 is 1. The van der Waals surface area contributed by atoms with Crippen LogP contribution in [0.2, 0.25) is 0 Å². The van der Waals surface area contributed by atoms with Crippen LogP contribution in [0, 0.1) is 0 Å². The largest absolute Gasteiger partial charge is 0.497 e. The fourth-order valence-corrected chi connectivity index (χ4v) is 3.52. The molecule has 5 nitrogen and oxygen atoms in total. The first-order valence-electron chi connectivity index (χ1n) is 5.98. The van der Waals surface area contributed by atoms with Gasteiger partial charge in [0.1, 0.15) is 5.75 Å². The number of nitrogens with one attached hydrogen (secondary N) is 2. The van der Waals surface area contributed by atoms with Crippen LogP contribution in [0.1, 0.15) is 12.8 Å². The summed E-state index contributed by atoms with van der Waals surface area (Å²) in [5.74, 6) is 0.639. The normalized spacial score (nSPS) is 17.4. The summed E-state index contributed by atoms with van der Waals surface area (Å²) in [7, 11) is -1.75. The van der Waals surface area contributed by atoms with Gasteiger partial charge in [0, 0.05) is 6.07 Å². The number of piperidine rings is 1. The molecule has 0 aliphatic carbocycles. The Labute approximate surface area is 108 Å². The zero-order chi connectivity index (χ0) is 13.0. The maximum Gasteiger partial charge on any atom is 0.235 e. The number of sulfonamides is 1. The van der Waals surface area contributed by atoms with Crippen LogP contribution in [-0.4, -0.2) is 33.9 Å². The van der Waals surface area contributed by atoms with Gasteiger partial charge in [0.05, 0.1) is 18.0 Å². The highest BCUT2D eigenvalue weighted by molar-refractivity contribution is 7.93. The predicted molar refractivity (Wildman–Crippen MR) is 71.4 cm³/mol. The third kappa shape index (κ3) is 3.14. The Kier molecular flexibility index (Phi) is 4.08. The minimum atomic E-state index is -3.31. The zero-order valence-corrected chi connectivity index (χ0v) is 11.2. The van der Waals surface area contributed by atoms with Gasteiger partial charge in [-0.1, -0.05) is 6.07 Å². The molecule has 0 atom stereocenters. The molecular weight excluding hydrogens is 252 g/mol. The van der Waals surface area contributed by atoms with E-state index in [-0.39, 0.29) is 5.25 Å². The molecule has 0 radical (unpaired) electrons. The van der Waals surface area contributed by atoms with Gasteiger partial charge in [-0.2, -0.15) is 0 Å². The van der Waals surface area contributed by atoms with E-state index in [1.54, 1.807) is 31.4 Å². The summed E-state index contributed by atoms with van der Waals surface area (Å²) in [6, 6.07) is 6.95. The summed E-state index contributed by atoms with van der Waals surface area (Å²) in [4.78, 5) is 0. The van der Waals surface area contributed by atoms with Crippen molar-refractivity contribution in [3.05, 3.63) is 24.3 Å². The van der Waals surface area contributed by atoms with Gasteiger partial charge in [0.15, 0.2) is 0 Å². The monoisotopic (exact) mass is 270 g/mol. The van der Waals surface area contributed by atoms with Gasteiger partial charge >= 0.3 is 0 Å². The smallest absolute Gasteiger partial charge is 0.235 e. The minimum absolute atomic E-state index is 0.315. The lowest BCUT2D eigenvalue weighted by Gasteiger charge is -2.23. The van der Waals surface area contributed by atoms with E-state index in [1.165, 1.54) is 0 Å². The maximum absolute atomic E-state index is 12.2. The van der Waals surface area contributed by atoms with Crippen LogP contribution in [0.3, 0.4) is 0 Å². The van der Waals surface area contributed by atoms with Crippen LogP contribution in [0.15, 0.2) is 24.3 Å². The summed E-state index contributed by atoms with van der Waals surface area (Å²) >= 11 is 0. The van der Waals surface area contributed by atoms with Crippen molar-refractivity contribution in [2.45, 2.75) is 18.1 Å². The lowest BCUT2D eigenvalue weighted by Crippen LogP contribution is -2.38. The molecule has 0 saturated carbocycles. The summed E-state index contributed by atoms with van der Waals surface area (Å²) in [6.45, 7) is 1.51. The predicted octanol–water partition coefficient (Wildman–Crippen LogP) is 1.19. The first-order valence-corrected chi connectivity index (χ1v) is 7.53. The molecular formula is C12H18N2O3S. The molecule has 6 heteroatoms. The van der Waals surface area contributed by atoms with E-state index < -0.39 is 10.0 Å². The second-order valence-corrected chi connectivity index (χ2v) is 6.29. The second kappa shape index (κ2) is 5.58. The van der Waals surface area contributed by atoms with Crippen molar-refractivity contribution in [1.29, 1.82) is 0 Å². The Morgan fingerprint density at radius 2 is 2.06 bits per heavy atom. The van der Waals surface area contributed by atoms with Crippen molar-refractivity contribution >= 4 is 15.7 Å². The molecule has 1 aliphatic rings. The standard InChI is InChI=1S/C12H18N2O3S/c1-17-11-4-2-3-10(9-11)14-18(15,16)12-5-7-13-8-6-12/h2-4,9,12-14H,5-8H2,1H3. The molecule has 100 valence electrons. The quantitative estimate of drug-likeness (QED) is 0.862. The molecule has 2 rings (SSSR count). The van der Waals surface area contributed by atoms with Gasteiger partial charge in [-0.05, 0) is 38.1 Å². The van der Waals surface area contributed by atoms with E-state index in [1.807, 2.05) is 0 Å². The Balaban J connectivity index is 2.11. The number of benzene rings is 1. The summed E-state index contributed by atoms with van der Waals surface area (Å²) < 4.78 is 32.0. The Morgan fingerprint density at radius 3 is 2.72 bits per heavy atom. The highest BCUT2D eigenvalue weighted by Gasteiger charge is 2.27. The van der Waals surface area contributed by atoms with Crippen molar-refractivity contribution in [2.75, 3.05) is 24.9 Å². The molecule has 0 aromatic heterocycles. The number of hydrogen-bond acceptors (Lipinski definition) is 4. The molecule has 0 amide bonds. The first kappa shape index (κ1) is 13.2. The molecule has 0 spiro atoms. The minimum Gasteiger partial charge on any atom is -0.497 e. The van der Waals surface area contributed by atoms with Crippen LogP contribution in [0.4, 0.5) is 5.69 Å². The van der Waals surface area contributed by atoms with E-state index in [0.29, 0.717) is 24.3 Å². The summed E-state index contributed by atoms with van der Waals surface area (Å²) in [5, 5.41) is 2.84. The summed E-state index contributed by atoms with van der Waals surface area (Å²) in [5.41, 5.74) is 0.549. The van der Waals surface area contributed by atoms with Crippen molar-refractivity contribution in [3.8, 4) is 5.75 Å². The molecule has 2 N–H and O–H groups in total. The number of anilines is 1. The van der Waals surface area contributed by atoms with E-state index in [2.05, 4.69) is 10.0 Å². The molecule has 18 heavy (non-hydrogen) atoms. The van der Waals surface area contributed by atoms with Crippen LogP contribution in [-0.2, 0) is 10.0 Å². The first-order chi connectivity index (χ1) is 8.62. The molecule has 1 fully saturated rings. The van der Waals surface area contributed by atoms with Gasteiger partial charge in [-0.15, -0.1) is 0 Å². The van der Waals surface area contributed by atoms with Crippen molar-refractivity contribution < 1.29 is 13.2 Å². The molecule has 1 aliphatic heterocycles. The molecule has 0 bridgehead atoms. The van der Waals surface area contributed by atoms with Crippen molar-refractivity contribution in [2.24, 2.45) is 0 Å². The van der Waals surface area contributed by atoms with Gasteiger partial charge in [0.25, 0.3) is 0 Å². The SMILES string of the molecule is COc1cccc(NS(=O)(=O)C2CCNCC2)c1. The van der Waals surface area contributed by atoms with E-state index >= 15 is 0 Å². The average molecular weight is 270 g/mol. The van der Waals surface area contributed by atoms with E-state index in [0.717, 1.165) is 13.1 Å². The van der Waals surface area contributed by atoms with Gasteiger partial charge in [-0.3, -0.25) is 4.72 Å². The lowest BCUT2D eigenvalue weighted by molar-refractivity contribution is 0.415. The topological polar surface area (TPSA) is 67.4 Å². The molecule has 1 heterocycles. The fraction of sp³-hybridized carbons (Fsp3) is 0.500. The Morgan fingerprint density at radius 1 is 1.33 bits per heavy atom. The van der Waals surface area contributed by atoms with Crippen LogP contribution >= 0.6 is 0 Å². The van der Waals surface area contributed by atoms with E-state index in [4.69, 9.17) is 4.74 Å². The zero-order valence-electron chi connectivity index (χ0n) is 10.3. The fourth-order valence-electron chi connectivity index (χ4n) is 2.04. The van der Waals surface area contributed by atoms with Crippen molar-refractivity contribution in [3.63, 3.8) is 0 Å². The molecule has 1 saturated heterocycles. The highest BCUT2D eigenvalue weighted by atomic mass is 32.2. The number of hydrogen-bond donors (Lipinski definition) is 2. The average Bonchev–Trinajstić information content (AvgIpc) is 2.39. The number of rotatable bonds is 4. The highest BCUT2D eigenvalue weighted by Crippen LogP contribution is 2.21. The van der Waals surface area contributed by atoms with Gasteiger partial charge < -0.3 is 10.1 Å². The summed E-state index contributed by atoms with van der Waals surface area (Å²) in [6.07, 6.45) is 1.30. The van der Waals surface area contributed by atoms with Crippen LogP contribution in [0.5, 0.6) is 5.75 Å². The van der Waals surface area contributed by atoms with E-state index in [9.17, 15) is 8.42 Å². The molecule has 1 aromatic rings. The van der Waals surface area contributed by atoms with Crippen LogP contribution in [0.25, 0.3) is 0 Å². The van der Waals surface area contributed by atoms with Crippen LogP contribution < -0.4 is 14.8 Å². The Hall–Kier alpha value is -1.27. The third-order valence-electron chi connectivity index (χ3n) is 3.05. The molecule has 1 aromatic carbocycles. The van der Waals surface area contributed by atoms with Gasteiger partial charge in [-0.25, -0.2) is 8.42 Å².